The number of amides is 10. The van der Waals surface area contributed by atoms with E-state index in [0.29, 0.717) is 0 Å². The number of urea groups is 2. The molecule has 0 radical (unpaired) electrons. The summed E-state index contributed by atoms with van der Waals surface area (Å²) in [5.74, 6) is 0.185. The van der Waals surface area contributed by atoms with Gasteiger partial charge >= 0.3 is 24.2 Å². The molecule has 0 aromatic carbocycles. The molecular formula is C32H79N11O11S2. The summed E-state index contributed by atoms with van der Waals surface area (Å²) in [5, 5.41) is 17.1. The summed E-state index contributed by atoms with van der Waals surface area (Å²) in [6.45, 7) is 3.06. The van der Waals surface area contributed by atoms with Gasteiger partial charge in [-0.25, -0.2) is 19.2 Å². The van der Waals surface area contributed by atoms with Crippen LogP contribution in [0.1, 0.15) is 13.8 Å². The summed E-state index contributed by atoms with van der Waals surface area (Å²) in [7, 11) is 32.7. The minimum absolute atomic E-state index is 0.00926. The molecule has 0 aliphatic rings. The number of rotatable bonds is 0. The highest BCUT2D eigenvalue weighted by atomic mass is 32.2. The largest absolute Gasteiger partial charge is 0.453 e. The third-order valence-electron chi connectivity index (χ3n) is 4.06. The molecular weight excluding hydrogens is 779 g/mol. The third kappa shape index (κ3) is 117. The summed E-state index contributed by atoms with van der Waals surface area (Å²) in [5.41, 5.74) is 0. The first-order valence-corrected chi connectivity index (χ1v) is 18.3. The van der Waals surface area contributed by atoms with Crippen LogP contribution >= 0.6 is 23.5 Å². The molecule has 0 bridgehead atoms. The molecule has 0 heterocycles. The standard InChI is InChI=1S/2C4H10N2O.2C4H9NO.2C3H7NO2.2C3H7NOS.C2H7N.C2H6O/c2*1-5-4(7)6(2)3;2*1-4(6)5(2)3;4*1-4-3(5)6-2;2*1-3-2/h2*1-3H3,(H,5,7);2*1-3H3;4*1-2H3,(H,4,5);3H,1-2H3;1-2H3. The Hall–Kier alpha value is -4.42. The molecule has 0 aliphatic heterocycles. The van der Waals surface area contributed by atoms with Crippen molar-refractivity contribution in [2.75, 3.05) is 154 Å². The number of carbonyl (C=O) groups excluding carboxylic acids is 8. The highest BCUT2D eigenvalue weighted by Gasteiger charge is 1.95. The molecule has 0 atom stereocenters. The molecule has 22 nitrogen and oxygen atoms in total. The zero-order valence-electron chi connectivity index (χ0n) is 38.6. The van der Waals surface area contributed by atoms with Crippen molar-refractivity contribution in [2.45, 2.75) is 13.8 Å². The Kier molecular flexibility index (Phi) is 89.2. The van der Waals surface area contributed by atoms with Crippen molar-refractivity contribution < 1.29 is 52.6 Å². The van der Waals surface area contributed by atoms with Gasteiger partial charge in [0.15, 0.2) is 0 Å². The fourth-order valence-electron chi connectivity index (χ4n) is 0.855. The Morgan fingerprint density at radius 1 is 0.411 bits per heavy atom. The Bertz CT molecular complexity index is 802. The average Bonchev–Trinajstić information content (AvgIpc) is 3.17. The number of nitrogens with zero attached hydrogens (tertiary/aromatic N) is 4. The molecule has 0 saturated heterocycles. The quantitative estimate of drug-likeness (QED) is 0.182. The van der Waals surface area contributed by atoms with Crippen LogP contribution in [0.2, 0.25) is 0 Å². The topological polar surface area (TPSA) is 261 Å². The van der Waals surface area contributed by atoms with E-state index in [4.69, 9.17) is 0 Å². The minimum Gasteiger partial charge on any atom is -0.453 e. The second kappa shape index (κ2) is 65.5. The fraction of sp³-hybridized carbons (Fsp3) is 0.750. The minimum atomic E-state index is -0.407. The van der Waals surface area contributed by atoms with Gasteiger partial charge in [0.2, 0.25) is 11.8 Å². The average molecular weight is 858 g/mol. The molecule has 0 rings (SSSR count). The van der Waals surface area contributed by atoms with E-state index in [2.05, 4.69) is 51.4 Å². The summed E-state index contributed by atoms with van der Waals surface area (Å²) >= 11 is 2.35. The maximum atomic E-state index is 10.3. The van der Waals surface area contributed by atoms with Gasteiger partial charge in [-0.15, -0.1) is 0 Å². The molecule has 56 heavy (non-hydrogen) atoms. The Morgan fingerprint density at radius 3 is 0.589 bits per heavy atom. The van der Waals surface area contributed by atoms with Gasteiger partial charge in [0.05, 0.1) is 14.2 Å². The van der Waals surface area contributed by atoms with Crippen LogP contribution in [0, 0.1) is 0 Å². The van der Waals surface area contributed by atoms with Gasteiger partial charge in [0, 0.05) is 127 Å². The molecule has 0 aromatic rings. The van der Waals surface area contributed by atoms with Crippen molar-refractivity contribution in [1.29, 1.82) is 0 Å². The molecule has 0 aliphatic carbocycles. The van der Waals surface area contributed by atoms with Crippen molar-refractivity contribution in [2.24, 2.45) is 0 Å². The number of carbonyl (C=O) groups is 8. The lowest BCUT2D eigenvalue weighted by atomic mass is 10.7. The Morgan fingerprint density at radius 2 is 0.589 bits per heavy atom. The van der Waals surface area contributed by atoms with E-state index < -0.39 is 12.2 Å². The van der Waals surface area contributed by atoms with Crippen LogP contribution in [-0.4, -0.2) is 220 Å². The van der Waals surface area contributed by atoms with E-state index in [1.54, 1.807) is 111 Å². The number of thioether (sulfide) groups is 2. The molecule has 0 spiro atoms. The fourth-order valence-corrected chi connectivity index (χ4v) is 1.26. The number of ether oxygens (including phenoxy) is 3. The van der Waals surface area contributed by atoms with Crippen molar-refractivity contribution in [3.63, 3.8) is 0 Å². The second-order valence-corrected chi connectivity index (χ2v) is 11.2. The SMILES string of the molecule is CC(=O)N(C)C.CC(=O)N(C)C.CNC.CNC(=O)N(C)C.CNC(=O)N(C)C.CNC(=O)OC.CNC(=O)OC.CNC(=O)SC.CNC(=O)SC.COC. The molecule has 24 heteroatoms. The monoisotopic (exact) mass is 858 g/mol. The number of nitrogens with one attached hydrogen (secondary N) is 7. The lowest BCUT2D eigenvalue weighted by molar-refractivity contribution is -0.127. The zero-order valence-corrected chi connectivity index (χ0v) is 40.2. The van der Waals surface area contributed by atoms with Crippen LogP contribution in [-0.2, 0) is 23.8 Å². The maximum Gasteiger partial charge on any atom is 0.406 e. The Balaban J connectivity index is -0.0000000529. The van der Waals surface area contributed by atoms with E-state index in [0.717, 1.165) is 0 Å². The van der Waals surface area contributed by atoms with Crippen LogP contribution in [0.5, 0.6) is 0 Å². The van der Waals surface area contributed by atoms with Crippen LogP contribution < -0.4 is 37.2 Å². The molecule has 340 valence electrons. The van der Waals surface area contributed by atoms with E-state index in [1.807, 2.05) is 14.1 Å². The lowest BCUT2D eigenvalue weighted by Gasteiger charge is -2.06. The highest BCUT2D eigenvalue weighted by Crippen LogP contribution is 1.89. The van der Waals surface area contributed by atoms with Gasteiger partial charge in [-0.2, -0.15) is 0 Å². The number of methoxy groups -OCH3 is 3. The van der Waals surface area contributed by atoms with Crippen LogP contribution in [0.25, 0.3) is 0 Å². The number of alkyl carbamates (subject to hydrolysis) is 2. The third-order valence-corrected chi connectivity index (χ3v) is 5.21. The second-order valence-electron chi connectivity index (χ2n) is 9.60. The van der Waals surface area contributed by atoms with Crippen LogP contribution in [0.3, 0.4) is 0 Å². The maximum absolute atomic E-state index is 10.3. The molecule has 0 unspecified atom stereocenters. The molecule has 10 amide bonds. The predicted molar refractivity (Wildman–Crippen MR) is 232 cm³/mol. The van der Waals surface area contributed by atoms with Crippen molar-refractivity contribution in [3.05, 3.63) is 0 Å². The zero-order chi connectivity index (χ0) is 47.4. The van der Waals surface area contributed by atoms with E-state index in [1.165, 1.54) is 85.3 Å². The first kappa shape index (κ1) is 76.3. The van der Waals surface area contributed by atoms with Gasteiger partial charge in [-0.1, -0.05) is 23.5 Å². The van der Waals surface area contributed by atoms with E-state index >= 15 is 0 Å². The first-order chi connectivity index (χ1) is 25.7. The van der Waals surface area contributed by atoms with Gasteiger partial charge in [0.1, 0.15) is 0 Å². The molecule has 0 fully saturated rings. The van der Waals surface area contributed by atoms with Gasteiger partial charge in [0.25, 0.3) is 10.5 Å². The summed E-state index contributed by atoms with van der Waals surface area (Å²) in [4.78, 5) is 86.6. The van der Waals surface area contributed by atoms with Crippen LogP contribution in [0.4, 0.5) is 28.8 Å². The number of hydrogen-bond acceptors (Lipinski definition) is 14. The molecule has 0 saturated carbocycles. The van der Waals surface area contributed by atoms with Gasteiger partial charge in [-0.3, -0.25) is 19.2 Å². The molecule has 7 N–H and O–H groups in total. The summed E-state index contributed by atoms with van der Waals surface area (Å²) in [6.07, 6.45) is 2.66. The first-order valence-electron chi connectivity index (χ1n) is 15.9. The predicted octanol–water partition coefficient (Wildman–Crippen LogP) is 1.38. The van der Waals surface area contributed by atoms with Gasteiger partial charge in [-0.05, 0) is 26.6 Å². The van der Waals surface area contributed by atoms with Crippen molar-refractivity contribution >= 4 is 70.1 Å². The summed E-state index contributed by atoms with van der Waals surface area (Å²) in [6, 6.07) is -0.139. The number of hydrogen-bond donors (Lipinski definition) is 7. The van der Waals surface area contributed by atoms with Crippen molar-refractivity contribution in [1.82, 2.24) is 56.8 Å². The highest BCUT2D eigenvalue weighted by molar-refractivity contribution is 8.13. The van der Waals surface area contributed by atoms with Crippen LogP contribution in [0.15, 0.2) is 0 Å². The normalized spacial score (nSPS) is 7.43. The Labute approximate surface area is 346 Å². The van der Waals surface area contributed by atoms with Crippen molar-refractivity contribution in [3.8, 4) is 0 Å². The summed E-state index contributed by atoms with van der Waals surface area (Å²) < 4.78 is 12.5. The van der Waals surface area contributed by atoms with E-state index in [-0.39, 0.29) is 34.4 Å². The molecule has 0 aromatic heterocycles. The van der Waals surface area contributed by atoms with E-state index in [9.17, 15) is 38.4 Å². The lowest BCUT2D eigenvalue weighted by Crippen LogP contribution is -2.31. The smallest absolute Gasteiger partial charge is 0.406 e. The van der Waals surface area contributed by atoms with Gasteiger partial charge < -0.3 is 71.0 Å².